The zero-order chi connectivity index (χ0) is 10.6. The molecule has 1 saturated heterocycles. The number of amides is 2. The highest BCUT2D eigenvalue weighted by atomic mass is 16.5. The predicted molar refractivity (Wildman–Crippen MR) is 43.6 cm³/mol. The lowest BCUT2D eigenvalue weighted by Crippen LogP contribution is -2.47. The van der Waals surface area contributed by atoms with Crippen LogP contribution in [0.25, 0.3) is 0 Å². The summed E-state index contributed by atoms with van der Waals surface area (Å²) in [5.41, 5.74) is 0. The Morgan fingerprint density at radius 1 is 1.57 bits per heavy atom. The first-order valence-corrected chi connectivity index (χ1v) is 4.00. The third-order valence-electron chi connectivity index (χ3n) is 1.69. The predicted octanol–water partition coefficient (Wildman–Crippen LogP) is -1.36. The summed E-state index contributed by atoms with van der Waals surface area (Å²) >= 11 is 0. The fourth-order valence-electron chi connectivity index (χ4n) is 1.03. The lowest BCUT2D eigenvalue weighted by atomic mass is 10.4. The average molecular weight is 202 g/mol. The van der Waals surface area contributed by atoms with Crippen LogP contribution in [0.2, 0.25) is 0 Å². The summed E-state index contributed by atoms with van der Waals surface area (Å²) in [6.45, 7) is 0.0479. The van der Waals surface area contributed by atoms with E-state index in [0.717, 1.165) is 0 Å². The van der Waals surface area contributed by atoms with E-state index in [-0.39, 0.29) is 19.7 Å². The van der Waals surface area contributed by atoms with Crippen molar-refractivity contribution in [3.63, 3.8) is 0 Å². The molecule has 1 aliphatic heterocycles. The van der Waals surface area contributed by atoms with Crippen LogP contribution < -0.4 is 5.32 Å². The third kappa shape index (κ3) is 2.92. The average Bonchev–Trinajstić information content (AvgIpc) is 2.14. The van der Waals surface area contributed by atoms with E-state index in [1.54, 1.807) is 0 Å². The molecule has 0 aromatic rings. The number of ether oxygens (including phenoxy) is 1. The minimum atomic E-state index is -1.27. The van der Waals surface area contributed by atoms with Gasteiger partial charge in [0.05, 0.1) is 6.54 Å². The van der Waals surface area contributed by atoms with Crippen molar-refractivity contribution in [2.24, 2.45) is 0 Å². The van der Waals surface area contributed by atoms with Crippen LogP contribution in [0.4, 0.5) is 4.79 Å². The van der Waals surface area contributed by atoms with Crippen molar-refractivity contribution in [1.29, 1.82) is 0 Å². The molecule has 0 spiro atoms. The fraction of sp³-hybridized carbons (Fsp3) is 0.571. The largest absolute Gasteiger partial charge is 0.465 e. The highest BCUT2D eigenvalue weighted by Gasteiger charge is 2.22. The number of carbonyl (C=O) groups is 3. The third-order valence-corrected chi connectivity index (χ3v) is 1.69. The molecule has 7 heteroatoms. The Kier molecular flexibility index (Phi) is 3.27. The molecule has 14 heavy (non-hydrogen) atoms. The van der Waals surface area contributed by atoms with Crippen molar-refractivity contribution in [2.45, 2.75) is 0 Å². The quantitative estimate of drug-likeness (QED) is 0.539. The lowest BCUT2D eigenvalue weighted by molar-refractivity contribution is -0.156. The van der Waals surface area contributed by atoms with Gasteiger partial charge in [0.2, 0.25) is 5.91 Å². The van der Waals surface area contributed by atoms with E-state index < -0.39 is 18.0 Å². The van der Waals surface area contributed by atoms with Crippen molar-refractivity contribution >= 4 is 18.0 Å². The second kappa shape index (κ2) is 4.45. The van der Waals surface area contributed by atoms with E-state index in [1.807, 2.05) is 5.32 Å². The monoisotopic (exact) mass is 202 g/mol. The van der Waals surface area contributed by atoms with Gasteiger partial charge in [-0.05, 0) is 0 Å². The van der Waals surface area contributed by atoms with Gasteiger partial charge in [0.25, 0.3) is 0 Å². The lowest BCUT2D eigenvalue weighted by Gasteiger charge is -2.25. The Hall–Kier alpha value is -1.79. The Morgan fingerprint density at radius 2 is 2.29 bits per heavy atom. The number of morpholine rings is 1. The molecule has 1 rings (SSSR count). The number of nitrogens with one attached hydrogen (secondary N) is 1. The number of hydrogen-bond acceptors (Lipinski definition) is 4. The van der Waals surface area contributed by atoms with Crippen LogP contribution in [0.3, 0.4) is 0 Å². The molecule has 0 unspecified atom stereocenters. The summed E-state index contributed by atoms with van der Waals surface area (Å²) in [7, 11) is 0. The van der Waals surface area contributed by atoms with Crippen molar-refractivity contribution in [3.8, 4) is 0 Å². The van der Waals surface area contributed by atoms with Gasteiger partial charge in [0.15, 0.2) is 0 Å². The molecule has 1 heterocycles. The summed E-state index contributed by atoms with van der Waals surface area (Å²) in [4.78, 5) is 33.3. The zero-order valence-electron chi connectivity index (χ0n) is 7.36. The first-order chi connectivity index (χ1) is 6.59. The van der Waals surface area contributed by atoms with Crippen LogP contribution in [0, 0.1) is 0 Å². The Labute approximate surface area is 79.6 Å². The minimum Gasteiger partial charge on any atom is -0.465 e. The normalized spacial score (nSPS) is 16.0. The topological polar surface area (TPSA) is 95.9 Å². The molecule has 1 aliphatic rings. The van der Waals surface area contributed by atoms with Crippen molar-refractivity contribution in [2.75, 3.05) is 26.2 Å². The summed E-state index contributed by atoms with van der Waals surface area (Å²) in [5, 5.41) is 10.2. The van der Waals surface area contributed by atoms with Crippen LogP contribution in [-0.4, -0.2) is 54.2 Å². The summed E-state index contributed by atoms with van der Waals surface area (Å²) in [5.74, 6) is -0.899. The van der Waals surface area contributed by atoms with E-state index in [2.05, 4.69) is 4.74 Å². The van der Waals surface area contributed by atoms with Gasteiger partial charge in [-0.3, -0.25) is 9.59 Å². The number of rotatable bonds is 2. The van der Waals surface area contributed by atoms with Crippen LogP contribution in [-0.2, 0) is 14.3 Å². The number of hydrogen-bond donors (Lipinski definition) is 2. The summed E-state index contributed by atoms with van der Waals surface area (Å²) in [6.07, 6.45) is -1.27. The zero-order valence-corrected chi connectivity index (χ0v) is 7.36. The van der Waals surface area contributed by atoms with E-state index in [0.29, 0.717) is 6.54 Å². The van der Waals surface area contributed by atoms with Gasteiger partial charge in [0.1, 0.15) is 19.7 Å². The molecular formula is C7H10N2O5. The molecule has 78 valence electrons. The number of carbonyl (C=O) groups excluding carboxylic acids is 2. The van der Waals surface area contributed by atoms with Gasteiger partial charge >= 0.3 is 12.1 Å². The first-order valence-electron chi connectivity index (χ1n) is 4.00. The van der Waals surface area contributed by atoms with Gasteiger partial charge in [-0.25, -0.2) is 4.79 Å². The second-order valence-electron chi connectivity index (χ2n) is 2.69. The molecule has 7 nitrogen and oxygen atoms in total. The Morgan fingerprint density at radius 3 is 2.86 bits per heavy atom. The Balaban J connectivity index is 2.36. The highest BCUT2D eigenvalue weighted by molar-refractivity contribution is 5.85. The summed E-state index contributed by atoms with van der Waals surface area (Å²) < 4.78 is 4.61. The van der Waals surface area contributed by atoms with E-state index in [1.165, 1.54) is 4.90 Å². The maximum absolute atomic E-state index is 11.2. The molecule has 0 saturated carbocycles. The molecule has 2 N–H and O–H groups in total. The molecule has 0 aromatic heterocycles. The number of nitrogens with zero attached hydrogens (tertiary/aromatic N) is 1. The number of esters is 1. The smallest absolute Gasteiger partial charge is 0.405 e. The van der Waals surface area contributed by atoms with Crippen LogP contribution in [0.1, 0.15) is 0 Å². The fourth-order valence-corrected chi connectivity index (χ4v) is 1.03. The highest BCUT2D eigenvalue weighted by Crippen LogP contribution is 1.98. The summed E-state index contributed by atoms with van der Waals surface area (Å²) in [6, 6.07) is 0. The van der Waals surface area contributed by atoms with Crippen LogP contribution in [0.5, 0.6) is 0 Å². The van der Waals surface area contributed by atoms with E-state index >= 15 is 0 Å². The van der Waals surface area contributed by atoms with Crippen molar-refractivity contribution < 1.29 is 24.2 Å². The van der Waals surface area contributed by atoms with Gasteiger partial charge in [-0.1, -0.05) is 0 Å². The molecule has 0 radical (unpaired) electrons. The van der Waals surface area contributed by atoms with E-state index in [9.17, 15) is 14.4 Å². The number of cyclic esters (lactones) is 1. The van der Waals surface area contributed by atoms with E-state index in [4.69, 9.17) is 5.11 Å². The second-order valence-corrected chi connectivity index (χ2v) is 2.69. The molecule has 0 aliphatic carbocycles. The molecule has 0 bridgehead atoms. The maximum Gasteiger partial charge on any atom is 0.405 e. The van der Waals surface area contributed by atoms with Crippen molar-refractivity contribution in [1.82, 2.24) is 10.2 Å². The molecule has 1 fully saturated rings. The molecule has 0 aromatic carbocycles. The van der Waals surface area contributed by atoms with Crippen LogP contribution >= 0.6 is 0 Å². The SMILES string of the molecule is O=C(O)NCC(=O)N1CCOC(=O)C1. The molecular weight excluding hydrogens is 192 g/mol. The standard InChI is InChI=1S/C7H10N2O5/c10-5(3-8-7(12)13)9-1-2-14-6(11)4-9/h8H,1-4H2,(H,12,13). The maximum atomic E-state index is 11.2. The molecule has 2 amide bonds. The van der Waals surface area contributed by atoms with Gasteiger partial charge < -0.3 is 20.1 Å². The first kappa shape index (κ1) is 10.3. The van der Waals surface area contributed by atoms with Crippen LogP contribution in [0.15, 0.2) is 0 Å². The molecule has 0 atom stereocenters. The van der Waals surface area contributed by atoms with Gasteiger partial charge in [0, 0.05) is 0 Å². The van der Waals surface area contributed by atoms with Gasteiger partial charge in [-0.15, -0.1) is 0 Å². The number of carboxylic acid groups (broad SMARTS) is 1. The van der Waals surface area contributed by atoms with Crippen molar-refractivity contribution in [3.05, 3.63) is 0 Å². The van der Waals surface area contributed by atoms with Gasteiger partial charge in [-0.2, -0.15) is 0 Å². The minimum absolute atomic E-state index is 0.111. The Bertz CT molecular complexity index is 265.